The topological polar surface area (TPSA) is 26.0 Å². The Morgan fingerprint density at radius 1 is 1.75 bits per heavy atom. The maximum Gasteiger partial charge on any atom is 2.00 e. The molecular weight excluding hydrogens is 70.1 g/mol. The Hall–Kier alpha value is 0.310. The van der Waals surface area contributed by atoms with E-state index in [-0.39, 0.29) is 13.5 Å². The van der Waals surface area contributed by atoms with Crippen LogP contribution in [-0.2, 0) is 13.5 Å². The molecule has 0 rings (SSSR count). The van der Waals surface area contributed by atoms with Gasteiger partial charge in [-0.1, -0.05) is 6.92 Å². The van der Waals surface area contributed by atoms with Crippen LogP contribution in [0.25, 0.3) is 0 Å². The van der Waals surface area contributed by atoms with Gasteiger partial charge in [-0.15, -0.1) is 0 Å². The average Bonchev–Trinajstić information content (AvgIpc) is 0.918. The van der Waals surface area contributed by atoms with Crippen LogP contribution in [0.1, 0.15) is 6.92 Å². The van der Waals surface area contributed by atoms with Crippen molar-refractivity contribution >= 4 is 13.5 Å². The minimum Gasteiger partial charge on any atom is -0.331 e. The molecule has 1 nitrogen and oxygen atoms in total. The van der Waals surface area contributed by atoms with Crippen molar-refractivity contribution in [1.82, 2.24) is 0 Å². The highest BCUT2D eigenvalue weighted by Gasteiger charge is 2.00. The van der Waals surface area contributed by atoms with Gasteiger partial charge in [0.25, 0.3) is 0 Å². The number of hydrogen-bond donors (Lipinski definition) is 1. The normalized spacial score (nSPS) is 4.50. The smallest absolute Gasteiger partial charge is 0.331 e. The summed E-state index contributed by atoms with van der Waals surface area (Å²) in [5.41, 5.74) is 4.85. The second-order valence-corrected chi connectivity index (χ2v) is 0.408. The summed E-state index contributed by atoms with van der Waals surface area (Å²) in [7, 11) is 0. The molecule has 0 fully saturated rings. The van der Waals surface area contributed by atoms with E-state index in [9.17, 15) is 0 Å². The molecule has 4 radical (unpaired) electrons. The van der Waals surface area contributed by atoms with Crippen LogP contribution in [0.15, 0.2) is 0 Å². The zero-order chi connectivity index (χ0) is 2.71. The van der Waals surface area contributed by atoms with Gasteiger partial charge in [-0.3, -0.25) is 0 Å². The van der Waals surface area contributed by atoms with Crippen molar-refractivity contribution in [2.45, 2.75) is 6.92 Å². The Kier molecular flexibility index (Phi) is 22.8. The van der Waals surface area contributed by atoms with Crippen molar-refractivity contribution in [3.8, 4) is 0 Å². The Morgan fingerprint density at radius 3 is 1.75 bits per heavy atom. The van der Waals surface area contributed by atoms with Crippen LogP contribution in [0, 0.1) is 0 Å². The van der Waals surface area contributed by atoms with Crippen LogP contribution in [0.5, 0.6) is 0 Å². The fourth-order valence-corrected chi connectivity index (χ4v) is 0. The molecular formula is C2H7NS+2. The Labute approximate surface area is 33.6 Å². The zero-order valence-corrected chi connectivity index (χ0v) is 3.51. The minimum absolute atomic E-state index is 0. The van der Waals surface area contributed by atoms with Crippen molar-refractivity contribution in [2.24, 2.45) is 5.73 Å². The molecule has 0 saturated heterocycles. The van der Waals surface area contributed by atoms with E-state index in [0.29, 0.717) is 0 Å². The SMILES string of the molecule is CCN.[S+2]. The van der Waals surface area contributed by atoms with Gasteiger partial charge in [0, 0.05) is 0 Å². The first kappa shape index (κ1) is 8.85. The number of rotatable bonds is 0. The lowest BCUT2D eigenvalue weighted by Gasteiger charge is -1.53. The molecule has 0 unspecified atom stereocenters. The third-order valence-corrected chi connectivity index (χ3v) is 0. The number of nitrogens with two attached hydrogens (primary N) is 1. The third kappa shape index (κ3) is 41.3. The van der Waals surface area contributed by atoms with Gasteiger partial charge in [0.05, 0.1) is 0 Å². The molecule has 2 heteroatoms. The van der Waals surface area contributed by atoms with Crippen molar-refractivity contribution < 1.29 is 0 Å². The number of hydrogen-bond acceptors (Lipinski definition) is 1. The molecule has 0 aliphatic rings. The first-order valence-electron chi connectivity index (χ1n) is 1.12. The van der Waals surface area contributed by atoms with Gasteiger partial charge in [0.2, 0.25) is 0 Å². The molecule has 0 atom stereocenters. The maximum atomic E-state index is 4.85. The minimum atomic E-state index is 0. The van der Waals surface area contributed by atoms with E-state index in [1.54, 1.807) is 0 Å². The summed E-state index contributed by atoms with van der Waals surface area (Å²) in [5, 5.41) is 0. The fourth-order valence-electron chi connectivity index (χ4n) is 0. The van der Waals surface area contributed by atoms with Crippen LogP contribution in [0.3, 0.4) is 0 Å². The predicted molar refractivity (Wildman–Crippen MR) is 22.1 cm³/mol. The van der Waals surface area contributed by atoms with Crippen LogP contribution in [0.4, 0.5) is 0 Å². The van der Waals surface area contributed by atoms with E-state index in [1.165, 1.54) is 0 Å². The molecule has 2 N–H and O–H groups in total. The van der Waals surface area contributed by atoms with Gasteiger partial charge in [0.15, 0.2) is 0 Å². The molecule has 4 heavy (non-hydrogen) atoms. The van der Waals surface area contributed by atoms with Gasteiger partial charge in [-0.25, -0.2) is 0 Å². The molecule has 0 spiro atoms. The van der Waals surface area contributed by atoms with Crippen LogP contribution >= 0.6 is 0 Å². The van der Waals surface area contributed by atoms with Crippen LogP contribution in [0.2, 0.25) is 0 Å². The molecule has 0 amide bonds. The first-order chi connectivity index (χ1) is 1.41. The molecule has 0 aromatic rings. The first-order valence-corrected chi connectivity index (χ1v) is 1.12. The van der Waals surface area contributed by atoms with Crippen LogP contribution < -0.4 is 5.73 Å². The standard InChI is InChI=1S/C2H7N.S/c1-2-3;/h2-3H2,1H3;/q;+2. The van der Waals surface area contributed by atoms with Crippen LogP contribution in [-0.4, -0.2) is 6.54 Å². The quantitative estimate of drug-likeness (QED) is 0.431. The van der Waals surface area contributed by atoms with Gasteiger partial charge in [-0.2, -0.15) is 0 Å². The van der Waals surface area contributed by atoms with Crippen molar-refractivity contribution in [3.05, 3.63) is 0 Å². The summed E-state index contributed by atoms with van der Waals surface area (Å²) in [6, 6.07) is 0. The lowest BCUT2D eigenvalue weighted by Crippen LogP contribution is -1.87. The Morgan fingerprint density at radius 2 is 1.75 bits per heavy atom. The summed E-state index contributed by atoms with van der Waals surface area (Å²) in [6.45, 7) is 2.65. The molecule has 0 saturated carbocycles. The lowest BCUT2D eigenvalue weighted by atomic mass is 10.8. The third-order valence-electron chi connectivity index (χ3n) is 0. The van der Waals surface area contributed by atoms with Gasteiger partial charge >= 0.3 is 13.5 Å². The average molecular weight is 77.2 g/mol. The molecule has 0 aliphatic heterocycles. The summed E-state index contributed by atoms with van der Waals surface area (Å²) in [4.78, 5) is 0. The predicted octanol–water partition coefficient (Wildman–Crippen LogP) is -0.0374. The van der Waals surface area contributed by atoms with Crippen molar-refractivity contribution in [2.75, 3.05) is 6.54 Å². The van der Waals surface area contributed by atoms with E-state index in [4.69, 9.17) is 5.73 Å². The molecule has 24 valence electrons. The van der Waals surface area contributed by atoms with E-state index in [0.717, 1.165) is 6.54 Å². The summed E-state index contributed by atoms with van der Waals surface area (Å²) in [6.07, 6.45) is 0. The van der Waals surface area contributed by atoms with E-state index in [2.05, 4.69) is 0 Å². The van der Waals surface area contributed by atoms with Gasteiger partial charge < -0.3 is 5.73 Å². The molecule has 0 aromatic heterocycles. The zero-order valence-electron chi connectivity index (χ0n) is 2.69. The Bertz CT molecular complexity index is 6.00. The highest BCUT2D eigenvalue weighted by atomic mass is 32.1. The Balaban J connectivity index is 0. The van der Waals surface area contributed by atoms with Crippen molar-refractivity contribution in [1.29, 1.82) is 0 Å². The monoisotopic (exact) mass is 77.0 g/mol. The molecule has 0 heterocycles. The van der Waals surface area contributed by atoms with Crippen molar-refractivity contribution in [3.63, 3.8) is 0 Å². The van der Waals surface area contributed by atoms with E-state index >= 15 is 0 Å². The lowest BCUT2D eigenvalue weighted by molar-refractivity contribution is 1.14. The highest BCUT2D eigenvalue weighted by Crippen LogP contribution is 1.20. The second-order valence-electron chi connectivity index (χ2n) is 0.408. The molecule has 0 aromatic carbocycles. The summed E-state index contributed by atoms with van der Waals surface area (Å²) in [5.74, 6) is 0. The van der Waals surface area contributed by atoms with Gasteiger partial charge in [-0.05, 0) is 6.54 Å². The summed E-state index contributed by atoms with van der Waals surface area (Å²) < 4.78 is 0. The van der Waals surface area contributed by atoms with E-state index < -0.39 is 0 Å². The fraction of sp³-hybridized carbons (Fsp3) is 1.00. The van der Waals surface area contributed by atoms with E-state index in [1.807, 2.05) is 6.92 Å². The maximum absolute atomic E-state index is 4.85. The largest absolute Gasteiger partial charge is 2.00 e. The summed E-state index contributed by atoms with van der Waals surface area (Å²) >= 11 is 0. The molecule has 0 bridgehead atoms. The highest BCUT2D eigenvalue weighted by molar-refractivity contribution is 7.37. The van der Waals surface area contributed by atoms with Gasteiger partial charge in [0.1, 0.15) is 0 Å². The second kappa shape index (κ2) is 10.3. The molecule has 0 aliphatic carbocycles.